The molecule has 1 amide bonds. The maximum absolute atomic E-state index is 12.3. The SMILES string of the molecule is Cc1cc(C=O)c(C)n1NC(=O)c1cc(Br)cc(Br)c1O. The minimum absolute atomic E-state index is 0.122. The number of aromatic hydroxyl groups is 1. The molecule has 0 aliphatic heterocycles. The number of halogens is 2. The number of rotatable bonds is 3. The van der Waals surface area contributed by atoms with Gasteiger partial charge in [0.05, 0.1) is 10.0 Å². The molecule has 0 saturated heterocycles. The summed E-state index contributed by atoms with van der Waals surface area (Å²) in [5.74, 6) is -0.623. The first kappa shape index (κ1) is 15.8. The second-order valence-corrected chi connectivity index (χ2v) is 6.27. The zero-order valence-corrected chi connectivity index (χ0v) is 14.4. The van der Waals surface area contributed by atoms with Gasteiger partial charge < -0.3 is 5.11 Å². The minimum atomic E-state index is -0.478. The van der Waals surface area contributed by atoms with Crippen molar-refractivity contribution in [3.8, 4) is 5.75 Å². The Morgan fingerprint density at radius 2 is 1.95 bits per heavy atom. The lowest BCUT2D eigenvalue weighted by Crippen LogP contribution is -2.25. The summed E-state index contributed by atoms with van der Waals surface area (Å²) in [5, 5.41) is 9.97. The molecule has 0 unspecified atom stereocenters. The highest BCUT2D eigenvalue weighted by Crippen LogP contribution is 2.31. The molecule has 1 heterocycles. The van der Waals surface area contributed by atoms with E-state index in [9.17, 15) is 14.7 Å². The minimum Gasteiger partial charge on any atom is -0.506 e. The highest BCUT2D eigenvalue weighted by molar-refractivity contribution is 9.11. The van der Waals surface area contributed by atoms with Gasteiger partial charge in [0, 0.05) is 21.4 Å². The summed E-state index contributed by atoms with van der Waals surface area (Å²) in [5.41, 5.74) is 4.64. The van der Waals surface area contributed by atoms with Crippen molar-refractivity contribution in [2.24, 2.45) is 0 Å². The van der Waals surface area contributed by atoms with E-state index in [1.807, 2.05) is 0 Å². The van der Waals surface area contributed by atoms with E-state index in [-0.39, 0.29) is 11.3 Å². The fourth-order valence-electron chi connectivity index (χ4n) is 1.98. The molecular weight excluding hydrogens is 404 g/mol. The van der Waals surface area contributed by atoms with Crippen molar-refractivity contribution < 1.29 is 14.7 Å². The lowest BCUT2D eigenvalue weighted by Gasteiger charge is -2.13. The summed E-state index contributed by atoms with van der Waals surface area (Å²) >= 11 is 6.45. The van der Waals surface area contributed by atoms with Crippen molar-refractivity contribution in [2.45, 2.75) is 13.8 Å². The van der Waals surface area contributed by atoms with E-state index in [1.54, 1.807) is 26.0 Å². The van der Waals surface area contributed by atoms with Crippen LogP contribution < -0.4 is 5.43 Å². The van der Waals surface area contributed by atoms with Crippen LogP contribution in [0.3, 0.4) is 0 Å². The van der Waals surface area contributed by atoms with Gasteiger partial charge >= 0.3 is 0 Å². The number of benzene rings is 1. The van der Waals surface area contributed by atoms with Gasteiger partial charge in [0.2, 0.25) is 0 Å². The summed E-state index contributed by atoms with van der Waals surface area (Å²) in [6, 6.07) is 4.84. The average Bonchev–Trinajstić information content (AvgIpc) is 2.70. The number of hydrogen-bond acceptors (Lipinski definition) is 3. The van der Waals surface area contributed by atoms with Crippen molar-refractivity contribution in [3.63, 3.8) is 0 Å². The molecule has 0 spiro atoms. The van der Waals surface area contributed by atoms with Crippen LogP contribution in [0.1, 0.15) is 32.1 Å². The van der Waals surface area contributed by atoms with Gasteiger partial charge in [0.15, 0.2) is 6.29 Å². The Bertz CT molecular complexity index is 738. The van der Waals surface area contributed by atoms with Crippen molar-refractivity contribution in [1.29, 1.82) is 0 Å². The molecule has 5 nitrogen and oxygen atoms in total. The number of carbonyl (C=O) groups excluding carboxylic acids is 2. The molecule has 0 saturated carbocycles. The number of aryl methyl sites for hydroxylation is 1. The number of aromatic nitrogens is 1. The number of nitrogens with one attached hydrogen (secondary N) is 1. The third kappa shape index (κ3) is 3.03. The predicted octanol–water partition coefficient (Wildman–Crippen LogP) is 3.53. The summed E-state index contributed by atoms with van der Waals surface area (Å²) in [6.45, 7) is 3.50. The van der Waals surface area contributed by atoms with Crippen LogP contribution in [-0.4, -0.2) is 22.0 Å². The molecule has 0 bridgehead atoms. The molecule has 0 radical (unpaired) electrons. The van der Waals surface area contributed by atoms with E-state index in [2.05, 4.69) is 37.3 Å². The second kappa shape index (κ2) is 6.03. The molecule has 21 heavy (non-hydrogen) atoms. The molecule has 0 atom stereocenters. The lowest BCUT2D eigenvalue weighted by molar-refractivity contribution is 0.100. The maximum atomic E-state index is 12.3. The van der Waals surface area contributed by atoms with Crippen LogP contribution in [0.4, 0.5) is 0 Å². The van der Waals surface area contributed by atoms with Gasteiger partial charge in [-0.15, -0.1) is 0 Å². The van der Waals surface area contributed by atoms with Crippen LogP contribution in [0.2, 0.25) is 0 Å². The van der Waals surface area contributed by atoms with E-state index >= 15 is 0 Å². The Balaban J connectivity index is 2.39. The number of phenols is 1. The molecule has 0 fully saturated rings. The topological polar surface area (TPSA) is 71.3 Å². The van der Waals surface area contributed by atoms with Gasteiger partial charge in [-0.05, 0) is 48.0 Å². The third-order valence-electron chi connectivity index (χ3n) is 3.08. The Kier molecular flexibility index (Phi) is 4.53. The Labute approximate surface area is 138 Å². The van der Waals surface area contributed by atoms with E-state index in [1.165, 1.54) is 10.7 Å². The van der Waals surface area contributed by atoms with Crippen LogP contribution in [0.15, 0.2) is 27.1 Å². The highest BCUT2D eigenvalue weighted by atomic mass is 79.9. The molecule has 2 N–H and O–H groups in total. The Hall–Kier alpha value is -1.60. The highest BCUT2D eigenvalue weighted by Gasteiger charge is 2.17. The van der Waals surface area contributed by atoms with Gasteiger partial charge in [0.25, 0.3) is 5.91 Å². The fourth-order valence-corrected chi connectivity index (χ4v) is 3.21. The van der Waals surface area contributed by atoms with Gasteiger partial charge in [0.1, 0.15) is 5.75 Å². The number of hydrogen-bond donors (Lipinski definition) is 2. The van der Waals surface area contributed by atoms with Crippen LogP contribution in [0.25, 0.3) is 0 Å². The van der Waals surface area contributed by atoms with E-state index in [0.29, 0.717) is 20.2 Å². The van der Waals surface area contributed by atoms with E-state index < -0.39 is 5.91 Å². The third-order valence-corrected chi connectivity index (χ3v) is 4.15. The molecular formula is C14H12Br2N2O3. The zero-order chi connectivity index (χ0) is 15.7. The number of phenolic OH excluding ortho intramolecular Hbond substituents is 1. The number of aldehydes is 1. The normalized spacial score (nSPS) is 10.5. The largest absolute Gasteiger partial charge is 0.506 e. The second-order valence-electron chi connectivity index (χ2n) is 4.50. The van der Waals surface area contributed by atoms with Crippen LogP contribution in [-0.2, 0) is 0 Å². The number of carbonyl (C=O) groups is 2. The first-order valence-corrected chi connectivity index (χ1v) is 7.57. The van der Waals surface area contributed by atoms with Crippen LogP contribution in [0.5, 0.6) is 5.75 Å². The molecule has 7 heteroatoms. The summed E-state index contributed by atoms with van der Waals surface area (Å²) in [7, 11) is 0. The Morgan fingerprint density at radius 1 is 1.29 bits per heavy atom. The van der Waals surface area contributed by atoms with Crippen molar-refractivity contribution >= 4 is 44.1 Å². The first-order chi connectivity index (χ1) is 9.85. The van der Waals surface area contributed by atoms with Crippen molar-refractivity contribution in [2.75, 3.05) is 5.43 Å². The Morgan fingerprint density at radius 3 is 2.52 bits per heavy atom. The maximum Gasteiger partial charge on any atom is 0.273 e. The summed E-state index contributed by atoms with van der Waals surface area (Å²) < 4.78 is 2.59. The predicted molar refractivity (Wildman–Crippen MR) is 86.5 cm³/mol. The lowest BCUT2D eigenvalue weighted by atomic mass is 10.2. The zero-order valence-electron chi connectivity index (χ0n) is 11.3. The first-order valence-electron chi connectivity index (χ1n) is 5.98. The number of nitrogens with zero attached hydrogens (tertiary/aromatic N) is 1. The average molecular weight is 416 g/mol. The van der Waals surface area contributed by atoms with Gasteiger partial charge in [-0.1, -0.05) is 15.9 Å². The van der Waals surface area contributed by atoms with Crippen LogP contribution >= 0.6 is 31.9 Å². The number of amides is 1. The standard InChI is InChI=1S/C14H12Br2N2O3/c1-7-3-9(6-19)8(2)18(7)17-14(21)11-4-10(15)5-12(16)13(11)20/h3-6,20H,1-2H3,(H,17,21). The van der Waals surface area contributed by atoms with E-state index in [0.717, 1.165) is 12.0 Å². The quantitative estimate of drug-likeness (QED) is 0.753. The molecule has 0 aliphatic rings. The molecule has 1 aromatic carbocycles. The van der Waals surface area contributed by atoms with Gasteiger partial charge in [-0.25, -0.2) is 0 Å². The monoisotopic (exact) mass is 414 g/mol. The molecule has 1 aromatic heterocycles. The fraction of sp³-hybridized carbons (Fsp3) is 0.143. The van der Waals surface area contributed by atoms with Gasteiger partial charge in [-0.2, -0.15) is 0 Å². The van der Waals surface area contributed by atoms with Crippen molar-refractivity contribution in [1.82, 2.24) is 4.68 Å². The summed E-state index contributed by atoms with van der Waals surface area (Å²) in [4.78, 5) is 23.2. The molecule has 0 aliphatic carbocycles. The molecule has 2 rings (SSSR count). The van der Waals surface area contributed by atoms with Gasteiger partial charge in [-0.3, -0.25) is 19.7 Å². The molecule has 2 aromatic rings. The molecule has 110 valence electrons. The summed E-state index contributed by atoms with van der Waals surface area (Å²) in [6.07, 6.45) is 0.734. The van der Waals surface area contributed by atoms with Crippen LogP contribution in [0, 0.1) is 13.8 Å². The smallest absolute Gasteiger partial charge is 0.273 e. The van der Waals surface area contributed by atoms with E-state index in [4.69, 9.17) is 0 Å². The van der Waals surface area contributed by atoms with Crippen molar-refractivity contribution in [3.05, 3.63) is 49.7 Å².